The molecular formula is C22H31N2O9P. The average Bonchev–Trinajstić information content (AvgIpc) is 3.06. The van der Waals surface area contributed by atoms with Gasteiger partial charge >= 0.3 is 20.3 Å². The highest BCUT2D eigenvalue weighted by Gasteiger charge is 2.53. The van der Waals surface area contributed by atoms with Crippen molar-refractivity contribution in [3.63, 3.8) is 0 Å². The van der Waals surface area contributed by atoms with E-state index in [0.717, 1.165) is 0 Å². The van der Waals surface area contributed by atoms with Crippen LogP contribution in [0.1, 0.15) is 39.8 Å². The minimum absolute atomic E-state index is 0.0195. The lowest BCUT2D eigenvalue weighted by atomic mass is 9.74. The van der Waals surface area contributed by atoms with Crippen LogP contribution in [0.5, 0.6) is 0 Å². The third kappa shape index (κ3) is 6.84. The largest absolute Gasteiger partial charge is 0.461 e. The second-order valence-electron chi connectivity index (χ2n) is 8.35. The van der Waals surface area contributed by atoms with Gasteiger partial charge in [-0.1, -0.05) is 5.92 Å². The number of esters is 1. The van der Waals surface area contributed by atoms with Crippen molar-refractivity contribution in [1.29, 1.82) is 0 Å². The number of rotatable bonds is 13. The lowest BCUT2D eigenvalue weighted by molar-refractivity contribution is -0.160. The van der Waals surface area contributed by atoms with Crippen molar-refractivity contribution >= 4 is 14.7 Å². The number of methoxy groups -OCH3 is 1. The van der Waals surface area contributed by atoms with Gasteiger partial charge < -0.3 is 18.9 Å². The normalized spacial score (nSPS) is 25.4. The van der Waals surface area contributed by atoms with Crippen LogP contribution in [0.3, 0.4) is 0 Å². The first-order valence-electron chi connectivity index (χ1n) is 10.9. The molecule has 188 valence electrons. The first-order valence-corrected chi connectivity index (χ1v) is 11.6. The third-order valence-corrected chi connectivity index (χ3v) is 5.99. The molecule has 1 aromatic rings. The van der Waals surface area contributed by atoms with Gasteiger partial charge in [0.1, 0.15) is 0 Å². The van der Waals surface area contributed by atoms with Crippen molar-refractivity contribution in [3.05, 3.63) is 33.1 Å². The van der Waals surface area contributed by atoms with Gasteiger partial charge in [0.25, 0.3) is 5.56 Å². The van der Waals surface area contributed by atoms with Gasteiger partial charge in [0.2, 0.25) is 0 Å². The molecule has 11 nitrogen and oxygen atoms in total. The number of terminal acetylenes is 1. The monoisotopic (exact) mass is 498 g/mol. The zero-order chi connectivity index (χ0) is 25.3. The van der Waals surface area contributed by atoms with Crippen LogP contribution in [0.2, 0.25) is 0 Å². The fraction of sp³-hybridized carbons (Fsp3) is 0.682. The summed E-state index contributed by atoms with van der Waals surface area (Å²) in [5.74, 6) is 1.96. The highest BCUT2D eigenvalue weighted by Crippen LogP contribution is 2.50. The van der Waals surface area contributed by atoms with Crippen molar-refractivity contribution < 1.29 is 32.8 Å². The van der Waals surface area contributed by atoms with E-state index in [1.807, 2.05) is 0 Å². The average molecular weight is 498 g/mol. The number of carbonyl (C=O) groups excluding carboxylic acids is 1. The van der Waals surface area contributed by atoms with Gasteiger partial charge in [-0.25, -0.2) is 14.2 Å². The smallest absolute Gasteiger partial charge is 0.335 e. The fourth-order valence-corrected chi connectivity index (χ4v) is 4.21. The van der Waals surface area contributed by atoms with E-state index < -0.39 is 49.8 Å². The van der Waals surface area contributed by atoms with Crippen molar-refractivity contribution in [1.82, 2.24) is 9.55 Å². The molecule has 0 radical (unpaired) electrons. The molecule has 1 N–H and O–H groups in total. The lowest BCUT2D eigenvalue weighted by Crippen LogP contribution is -2.38. The lowest BCUT2D eigenvalue weighted by Gasteiger charge is -2.31. The summed E-state index contributed by atoms with van der Waals surface area (Å²) >= 11 is 0. The summed E-state index contributed by atoms with van der Waals surface area (Å²) in [7, 11) is 0.919. The van der Waals surface area contributed by atoms with Crippen LogP contribution in [0.15, 0.2) is 21.9 Å². The highest BCUT2D eigenvalue weighted by molar-refractivity contribution is 7.17. The van der Waals surface area contributed by atoms with Crippen LogP contribution in [-0.2, 0) is 32.8 Å². The predicted octanol–water partition coefficient (Wildman–Crippen LogP) is 1.68. The Morgan fingerprint density at radius 1 is 1.38 bits per heavy atom. The molecule has 0 bridgehead atoms. The standard InChI is InChI=1S/C22H31N2O9P/c1-6-22(4)15(8-11-30-12-9-16(29-5)19(26)32-14(2)3)17(13-31-34-28)33-20(22)24-10-7-18(25)23-21(24)27/h1,7,10,14-17,20H,8-9,11-13H2,2-5H3,(H,23,25,27)/t15-,16+,17-,20-,22-/m1/s1. The zero-order valence-corrected chi connectivity index (χ0v) is 20.6. The van der Waals surface area contributed by atoms with Crippen LogP contribution in [0.4, 0.5) is 0 Å². The Hall–Kier alpha value is -2.35. The van der Waals surface area contributed by atoms with Crippen LogP contribution in [-0.4, -0.2) is 60.8 Å². The van der Waals surface area contributed by atoms with Gasteiger partial charge in [0, 0.05) is 44.9 Å². The van der Waals surface area contributed by atoms with Gasteiger partial charge in [0.05, 0.1) is 24.2 Å². The number of nitrogens with zero attached hydrogens (tertiary/aromatic N) is 1. The summed E-state index contributed by atoms with van der Waals surface area (Å²) in [4.78, 5) is 38.0. The molecule has 34 heavy (non-hydrogen) atoms. The molecule has 5 atom stereocenters. The fourth-order valence-electron chi connectivity index (χ4n) is 4.00. The topological polar surface area (TPSA) is 135 Å². The predicted molar refractivity (Wildman–Crippen MR) is 121 cm³/mol. The number of nitrogens with one attached hydrogen (secondary N) is 1. The molecule has 1 aliphatic heterocycles. The summed E-state index contributed by atoms with van der Waals surface area (Å²) < 4.78 is 39.2. The van der Waals surface area contributed by atoms with E-state index in [-0.39, 0.29) is 31.8 Å². The van der Waals surface area contributed by atoms with E-state index >= 15 is 0 Å². The Kier molecular flexibility index (Phi) is 10.6. The summed E-state index contributed by atoms with van der Waals surface area (Å²) in [5.41, 5.74) is -2.16. The molecule has 2 rings (SSSR count). The molecule has 0 aromatic carbocycles. The van der Waals surface area contributed by atoms with Crippen LogP contribution < -0.4 is 11.2 Å². The third-order valence-electron chi connectivity index (χ3n) is 5.74. The number of hydrogen-bond acceptors (Lipinski definition) is 9. The Bertz CT molecular complexity index is 986. The first kappa shape index (κ1) is 27.9. The molecule has 1 aromatic heterocycles. The van der Waals surface area contributed by atoms with E-state index in [1.54, 1.807) is 20.8 Å². The number of carbonyl (C=O) groups is 1. The number of ether oxygens (including phenoxy) is 4. The zero-order valence-electron chi connectivity index (χ0n) is 19.7. The van der Waals surface area contributed by atoms with Gasteiger partial charge in [-0.05, 0) is 27.2 Å². The molecule has 0 amide bonds. The molecule has 12 heteroatoms. The molecule has 2 heterocycles. The van der Waals surface area contributed by atoms with E-state index in [2.05, 4.69) is 10.9 Å². The quantitative estimate of drug-likeness (QED) is 0.186. The molecule has 1 saturated heterocycles. The molecule has 1 fully saturated rings. The Labute approximate surface area is 199 Å². The first-order chi connectivity index (χ1) is 16.2. The summed E-state index contributed by atoms with van der Waals surface area (Å²) in [6.45, 7) is 5.80. The number of aromatic amines is 1. The summed E-state index contributed by atoms with van der Waals surface area (Å²) in [6.07, 6.45) is 5.52. The number of aromatic nitrogens is 2. The maximum atomic E-state index is 12.4. The van der Waals surface area contributed by atoms with Crippen LogP contribution in [0, 0.1) is 23.7 Å². The minimum atomic E-state index is -0.963. The van der Waals surface area contributed by atoms with Crippen molar-refractivity contribution in [2.24, 2.45) is 11.3 Å². The SMILES string of the molecule is C#C[C@]1(C)[C@H](CCOCC[C@H](OC)C(=O)OC(C)C)[C@@H](COP=O)O[C@H]1n1ccc(=O)[nH]c1=O. The molecule has 0 unspecified atom stereocenters. The molecule has 0 aliphatic carbocycles. The number of H-pyrrole nitrogens is 1. The van der Waals surface area contributed by atoms with Gasteiger partial charge in [-0.15, -0.1) is 6.42 Å². The summed E-state index contributed by atoms with van der Waals surface area (Å²) in [5, 5.41) is 0. The Morgan fingerprint density at radius 2 is 2.12 bits per heavy atom. The van der Waals surface area contributed by atoms with Gasteiger partial charge in [-0.3, -0.25) is 18.9 Å². The van der Waals surface area contributed by atoms with E-state index in [9.17, 15) is 18.9 Å². The van der Waals surface area contributed by atoms with Crippen LogP contribution >= 0.6 is 8.69 Å². The second kappa shape index (κ2) is 12.9. The highest BCUT2D eigenvalue weighted by atomic mass is 31.1. The van der Waals surface area contributed by atoms with E-state index in [0.29, 0.717) is 12.8 Å². The Balaban J connectivity index is 2.08. The summed E-state index contributed by atoms with van der Waals surface area (Å²) in [6, 6.07) is 1.20. The van der Waals surface area contributed by atoms with E-state index in [1.165, 1.54) is 23.9 Å². The number of hydrogen-bond donors (Lipinski definition) is 1. The van der Waals surface area contributed by atoms with Crippen molar-refractivity contribution in [2.45, 2.75) is 58.2 Å². The minimum Gasteiger partial charge on any atom is -0.461 e. The van der Waals surface area contributed by atoms with Crippen LogP contribution in [0.25, 0.3) is 0 Å². The van der Waals surface area contributed by atoms with Crippen molar-refractivity contribution in [3.8, 4) is 12.3 Å². The Morgan fingerprint density at radius 3 is 2.71 bits per heavy atom. The molecule has 0 saturated carbocycles. The molecular weight excluding hydrogens is 467 g/mol. The maximum absolute atomic E-state index is 12.4. The second-order valence-corrected chi connectivity index (χ2v) is 8.76. The molecule has 1 aliphatic rings. The van der Waals surface area contributed by atoms with Gasteiger partial charge in [-0.2, -0.15) is 0 Å². The van der Waals surface area contributed by atoms with Gasteiger partial charge in [0.15, 0.2) is 12.3 Å². The maximum Gasteiger partial charge on any atom is 0.335 e. The van der Waals surface area contributed by atoms with Crippen molar-refractivity contribution in [2.75, 3.05) is 26.9 Å². The van der Waals surface area contributed by atoms with E-state index in [4.69, 9.17) is 29.9 Å². The molecule has 0 spiro atoms.